The minimum absolute atomic E-state index is 0.00709. The number of nitrogens with zero attached hydrogens (tertiary/aromatic N) is 1. The van der Waals surface area contributed by atoms with E-state index in [1.807, 2.05) is 0 Å². The highest BCUT2D eigenvalue weighted by atomic mass is 16.2. The SMILES string of the molecule is C#CCC(N)C(=O)NCCC(CCCN=C(N)N)C(=O)NCC(C)=O. The molecule has 0 saturated carbocycles. The molecule has 0 heterocycles. The zero-order valence-electron chi connectivity index (χ0n) is 14.6. The molecule has 8 N–H and O–H groups in total. The van der Waals surface area contributed by atoms with Crippen molar-refractivity contribution < 1.29 is 14.4 Å². The van der Waals surface area contributed by atoms with Crippen LogP contribution in [0, 0.1) is 18.3 Å². The van der Waals surface area contributed by atoms with Gasteiger partial charge in [-0.3, -0.25) is 19.4 Å². The summed E-state index contributed by atoms with van der Waals surface area (Å²) in [6, 6.07) is -0.767. The molecule has 0 aliphatic carbocycles. The number of hydrogen-bond donors (Lipinski definition) is 5. The van der Waals surface area contributed by atoms with Gasteiger partial charge in [0.2, 0.25) is 11.8 Å². The number of rotatable bonds is 12. The van der Waals surface area contributed by atoms with Crippen LogP contribution in [-0.2, 0) is 14.4 Å². The molecular weight excluding hydrogens is 324 g/mol. The number of hydrogen-bond acceptors (Lipinski definition) is 5. The summed E-state index contributed by atoms with van der Waals surface area (Å²) < 4.78 is 0. The Bertz CT molecular complexity index is 522. The van der Waals surface area contributed by atoms with Crippen LogP contribution in [0.2, 0.25) is 0 Å². The molecule has 2 amide bonds. The highest BCUT2D eigenvalue weighted by Gasteiger charge is 2.19. The van der Waals surface area contributed by atoms with Crippen LogP contribution in [0.3, 0.4) is 0 Å². The molecule has 0 aliphatic rings. The highest BCUT2D eigenvalue weighted by molar-refractivity contribution is 5.85. The van der Waals surface area contributed by atoms with Gasteiger partial charge in [-0.2, -0.15) is 0 Å². The Balaban J connectivity index is 4.48. The molecular formula is C16H28N6O3. The summed E-state index contributed by atoms with van der Waals surface area (Å²) in [6.07, 6.45) is 6.78. The van der Waals surface area contributed by atoms with Crippen molar-refractivity contribution in [3.63, 3.8) is 0 Å². The molecule has 140 valence electrons. The van der Waals surface area contributed by atoms with Gasteiger partial charge >= 0.3 is 0 Å². The van der Waals surface area contributed by atoms with Crippen molar-refractivity contribution in [1.82, 2.24) is 10.6 Å². The van der Waals surface area contributed by atoms with Crippen molar-refractivity contribution in [2.75, 3.05) is 19.6 Å². The van der Waals surface area contributed by atoms with Crippen LogP contribution in [-0.4, -0.2) is 49.2 Å². The molecule has 0 aliphatic heterocycles. The van der Waals surface area contributed by atoms with E-state index in [2.05, 4.69) is 21.5 Å². The molecule has 0 fully saturated rings. The first-order valence-electron chi connectivity index (χ1n) is 8.07. The summed E-state index contributed by atoms with van der Waals surface area (Å²) >= 11 is 0. The number of Topliss-reactive ketones (excluding diaryl/α,β-unsaturated/α-hetero) is 1. The molecule has 0 aromatic carbocycles. The molecule has 0 radical (unpaired) electrons. The number of nitrogens with one attached hydrogen (secondary N) is 2. The van der Waals surface area contributed by atoms with Crippen molar-refractivity contribution >= 4 is 23.6 Å². The van der Waals surface area contributed by atoms with E-state index in [1.165, 1.54) is 6.92 Å². The third kappa shape index (κ3) is 11.6. The molecule has 9 heteroatoms. The van der Waals surface area contributed by atoms with Crippen LogP contribution >= 0.6 is 0 Å². The first kappa shape index (κ1) is 22.4. The van der Waals surface area contributed by atoms with E-state index >= 15 is 0 Å². The van der Waals surface area contributed by atoms with Gasteiger partial charge in [0.25, 0.3) is 0 Å². The van der Waals surface area contributed by atoms with Crippen LogP contribution in [0.25, 0.3) is 0 Å². The third-order valence-corrected chi connectivity index (χ3v) is 3.35. The van der Waals surface area contributed by atoms with Crippen molar-refractivity contribution in [3.05, 3.63) is 0 Å². The van der Waals surface area contributed by atoms with Gasteiger partial charge in [-0.15, -0.1) is 12.3 Å². The predicted octanol–water partition coefficient (Wildman–Crippen LogP) is -1.78. The second-order valence-corrected chi connectivity index (χ2v) is 5.66. The number of amides is 2. The molecule has 25 heavy (non-hydrogen) atoms. The number of ketones is 1. The number of nitrogens with two attached hydrogens (primary N) is 3. The van der Waals surface area contributed by atoms with E-state index in [0.717, 1.165) is 0 Å². The maximum absolute atomic E-state index is 12.2. The molecule has 2 unspecified atom stereocenters. The molecule has 9 nitrogen and oxygen atoms in total. The Labute approximate surface area is 148 Å². The zero-order valence-corrected chi connectivity index (χ0v) is 14.6. The highest BCUT2D eigenvalue weighted by Crippen LogP contribution is 2.11. The number of carbonyl (C=O) groups is 3. The van der Waals surface area contributed by atoms with E-state index in [0.29, 0.717) is 25.8 Å². The van der Waals surface area contributed by atoms with Crippen LogP contribution in [0.15, 0.2) is 4.99 Å². The standard InChI is InChI=1S/C16H28N6O3/c1-3-5-13(17)15(25)20-9-7-12(6-4-8-21-16(18)19)14(24)22-10-11(2)23/h1,12-13H,4-10,17H2,2H3,(H,20,25)(H,22,24)(H4,18,19,21). The first-order valence-corrected chi connectivity index (χ1v) is 8.07. The van der Waals surface area contributed by atoms with E-state index < -0.39 is 6.04 Å². The number of aliphatic imine (C=N–C) groups is 1. The fourth-order valence-electron chi connectivity index (χ4n) is 2.03. The van der Waals surface area contributed by atoms with Crippen molar-refractivity contribution in [3.8, 4) is 12.3 Å². The van der Waals surface area contributed by atoms with E-state index in [-0.39, 0.29) is 49.0 Å². The second kappa shape index (κ2) is 12.8. The van der Waals surface area contributed by atoms with Crippen molar-refractivity contribution in [2.45, 2.75) is 38.6 Å². The maximum Gasteiger partial charge on any atom is 0.237 e. The van der Waals surface area contributed by atoms with E-state index in [1.54, 1.807) is 0 Å². The van der Waals surface area contributed by atoms with Crippen LogP contribution in [0.1, 0.15) is 32.6 Å². The molecule has 0 spiro atoms. The van der Waals surface area contributed by atoms with Gasteiger partial charge in [0.15, 0.2) is 5.96 Å². The summed E-state index contributed by atoms with van der Waals surface area (Å²) in [7, 11) is 0. The largest absolute Gasteiger partial charge is 0.370 e. The number of carbonyl (C=O) groups excluding carboxylic acids is 3. The van der Waals surface area contributed by atoms with Gasteiger partial charge in [0.05, 0.1) is 12.6 Å². The van der Waals surface area contributed by atoms with Crippen LogP contribution in [0.5, 0.6) is 0 Å². The summed E-state index contributed by atoms with van der Waals surface area (Å²) in [6.45, 7) is 2.04. The van der Waals surface area contributed by atoms with Crippen molar-refractivity contribution in [2.24, 2.45) is 28.1 Å². The second-order valence-electron chi connectivity index (χ2n) is 5.66. The van der Waals surface area contributed by atoms with Gasteiger partial charge < -0.3 is 27.8 Å². The normalized spacial score (nSPS) is 12.4. The van der Waals surface area contributed by atoms with Crippen molar-refractivity contribution in [1.29, 1.82) is 0 Å². The summed E-state index contributed by atoms with van der Waals surface area (Å²) in [5.41, 5.74) is 16.1. The lowest BCUT2D eigenvalue weighted by molar-refractivity contribution is -0.128. The quantitative estimate of drug-likeness (QED) is 0.120. The minimum atomic E-state index is -0.767. The third-order valence-electron chi connectivity index (χ3n) is 3.35. The lowest BCUT2D eigenvalue weighted by atomic mass is 9.98. The van der Waals surface area contributed by atoms with Gasteiger partial charge in [0.1, 0.15) is 5.78 Å². The Hall–Kier alpha value is -2.60. The first-order chi connectivity index (χ1) is 11.8. The van der Waals surface area contributed by atoms with E-state index in [9.17, 15) is 14.4 Å². The van der Waals surface area contributed by atoms with Crippen LogP contribution in [0.4, 0.5) is 0 Å². The predicted molar refractivity (Wildman–Crippen MR) is 96.1 cm³/mol. The Kier molecular flexibility index (Phi) is 11.4. The smallest absolute Gasteiger partial charge is 0.237 e. The summed E-state index contributed by atoms with van der Waals surface area (Å²) in [5.74, 6) is 1.19. The summed E-state index contributed by atoms with van der Waals surface area (Å²) in [5, 5.41) is 5.23. The Morgan fingerprint density at radius 2 is 1.84 bits per heavy atom. The number of terminal acetylenes is 1. The summed E-state index contributed by atoms with van der Waals surface area (Å²) in [4.78, 5) is 38.7. The van der Waals surface area contributed by atoms with E-state index in [4.69, 9.17) is 23.6 Å². The zero-order chi connectivity index (χ0) is 19.2. The van der Waals surface area contributed by atoms with Gasteiger partial charge in [-0.1, -0.05) is 0 Å². The fourth-order valence-corrected chi connectivity index (χ4v) is 2.03. The Morgan fingerprint density at radius 3 is 2.40 bits per heavy atom. The fraction of sp³-hybridized carbons (Fsp3) is 0.625. The molecule has 0 rings (SSSR count). The monoisotopic (exact) mass is 352 g/mol. The molecule has 0 saturated heterocycles. The average Bonchev–Trinajstić information content (AvgIpc) is 2.54. The molecule has 2 atom stereocenters. The lowest BCUT2D eigenvalue weighted by Gasteiger charge is -2.17. The average molecular weight is 352 g/mol. The number of guanidine groups is 1. The molecule has 0 aromatic heterocycles. The van der Waals surface area contributed by atoms with Crippen LogP contribution < -0.4 is 27.8 Å². The Morgan fingerprint density at radius 1 is 1.16 bits per heavy atom. The topological polar surface area (TPSA) is 166 Å². The minimum Gasteiger partial charge on any atom is -0.370 e. The molecule has 0 bridgehead atoms. The van der Waals surface area contributed by atoms with Gasteiger partial charge in [-0.05, 0) is 26.2 Å². The van der Waals surface area contributed by atoms with Gasteiger partial charge in [0, 0.05) is 25.4 Å². The van der Waals surface area contributed by atoms with Gasteiger partial charge in [-0.25, -0.2) is 0 Å². The maximum atomic E-state index is 12.2. The lowest BCUT2D eigenvalue weighted by Crippen LogP contribution is -2.42. The molecule has 0 aromatic rings.